The Morgan fingerprint density at radius 2 is 1.85 bits per heavy atom. The smallest absolute Gasteiger partial charge is 0.0652 e. The van der Waals surface area contributed by atoms with Crippen LogP contribution in [0.1, 0.15) is 23.6 Å². The van der Waals surface area contributed by atoms with E-state index in [4.69, 9.17) is 0 Å². The number of nitrogens with one attached hydrogen (secondary N) is 1. The topological polar surface area (TPSA) is 32.3 Å². The zero-order valence-electron chi connectivity index (χ0n) is 11.9. The first-order valence-electron chi connectivity index (χ1n) is 6.71. The molecule has 2 rings (SSSR count). The van der Waals surface area contributed by atoms with Gasteiger partial charge in [0.1, 0.15) is 0 Å². The molecule has 3 heteroatoms. The monoisotopic (exact) mass is 333 g/mol. The second kappa shape index (κ2) is 6.53. The predicted molar refractivity (Wildman–Crippen MR) is 86.6 cm³/mol. The summed E-state index contributed by atoms with van der Waals surface area (Å²) < 4.78 is 1.10. The van der Waals surface area contributed by atoms with E-state index in [1.807, 2.05) is 37.3 Å². The minimum atomic E-state index is -0.439. The van der Waals surface area contributed by atoms with Crippen molar-refractivity contribution in [2.24, 2.45) is 0 Å². The van der Waals surface area contributed by atoms with E-state index >= 15 is 0 Å². The maximum atomic E-state index is 9.76. The van der Waals surface area contributed by atoms with Crippen LogP contribution in [0.4, 0.5) is 0 Å². The lowest BCUT2D eigenvalue weighted by atomic mass is 9.92. The summed E-state index contributed by atoms with van der Waals surface area (Å²) in [7, 11) is 0. The number of aliphatic hydroxyl groups excluding tert-OH is 1. The van der Waals surface area contributed by atoms with E-state index in [1.165, 1.54) is 11.1 Å². The Kier molecular flexibility index (Phi) is 4.97. The fourth-order valence-corrected chi connectivity index (χ4v) is 2.77. The highest BCUT2D eigenvalue weighted by molar-refractivity contribution is 9.10. The zero-order chi connectivity index (χ0) is 14.6. The number of aryl methyl sites for hydroxylation is 1. The SMILES string of the molecule is Cc1ccc(CNC(C)(CO)c2ccccc2)c(Br)c1. The van der Waals surface area contributed by atoms with Crippen molar-refractivity contribution in [3.63, 3.8) is 0 Å². The standard InChI is InChI=1S/C17H20BrNO/c1-13-8-9-14(16(18)10-13)11-19-17(2,12-20)15-6-4-3-5-7-15/h3-10,19-20H,11-12H2,1-2H3. The number of rotatable bonds is 5. The van der Waals surface area contributed by atoms with Crippen LogP contribution in [0.5, 0.6) is 0 Å². The van der Waals surface area contributed by atoms with Crippen molar-refractivity contribution in [1.29, 1.82) is 0 Å². The molecule has 0 saturated carbocycles. The first kappa shape index (κ1) is 15.2. The van der Waals surface area contributed by atoms with E-state index in [0.29, 0.717) is 6.54 Å². The third-order valence-corrected chi connectivity index (χ3v) is 4.34. The van der Waals surface area contributed by atoms with Crippen LogP contribution in [-0.4, -0.2) is 11.7 Å². The first-order valence-corrected chi connectivity index (χ1v) is 7.51. The van der Waals surface area contributed by atoms with Gasteiger partial charge in [0.05, 0.1) is 12.1 Å². The number of aliphatic hydroxyl groups is 1. The fourth-order valence-electron chi connectivity index (χ4n) is 2.14. The largest absolute Gasteiger partial charge is 0.394 e. The van der Waals surface area contributed by atoms with Gasteiger partial charge in [-0.05, 0) is 36.6 Å². The van der Waals surface area contributed by atoms with Crippen molar-refractivity contribution < 1.29 is 5.11 Å². The van der Waals surface area contributed by atoms with Crippen molar-refractivity contribution in [2.75, 3.05) is 6.61 Å². The maximum Gasteiger partial charge on any atom is 0.0652 e. The third kappa shape index (κ3) is 3.48. The van der Waals surface area contributed by atoms with Crippen LogP contribution >= 0.6 is 15.9 Å². The summed E-state index contributed by atoms with van der Waals surface area (Å²) in [5.41, 5.74) is 3.07. The number of hydrogen-bond acceptors (Lipinski definition) is 2. The van der Waals surface area contributed by atoms with Crippen LogP contribution in [0.3, 0.4) is 0 Å². The van der Waals surface area contributed by atoms with E-state index in [1.54, 1.807) is 0 Å². The fraction of sp³-hybridized carbons (Fsp3) is 0.294. The summed E-state index contributed by atoms with van der Waals surface area (Å²) in [6, 6.07) is 16.4. The quantitative estimate of drug-likeness (QED) is 0.873. The van der Waals surface area contributed by atoms with Gasteiger partial charge in [0, 0.05) is 11.0 Å². The van der Waals surface area contributed by atoms with Crippen molar-refractivity contribution in [3.05, 3.63) is 69.7 Å². The number of benzene rings is 2. The molecule has 1 atom stereocenters. The molecule has 0 aliphatic carbocycles. The van der Waals surface area contributed by atoms with Crippen molar-refractivity contribution >= 4 is 15.9 Å². The highest BCUT2D eigenvalue weighted by Crippen LogP contribution is 2.23. The van der Waals surface area contributed by atoms with Crippen LogP contribution in [-0.2, 0) is 12.1 Å². The molecular formula is C17H20BrNO. The lowest BCUT2D eigenvalue weighted by molar-refractivity contribution is 0.173. The van der Waals surface area contributed by atoms with Crippen molar-refractivity contribution in [2.45, 2.75) is 25.9 Å². The van der Waals surface area contributed by atoms with Gasteiger partial charge in [0.25, 0.3) is 0 Å². The van der Waals surface area contributed by atoms with E-state index in [-0.39, 0.29) is 6.61 Å². The molecule has 0 radical (unpaired) electrons. The molecule has 2 nitrogen and oxygen atoms in total. The molecule has 2 aromatic carbocycles. The summed E-state index contributed by atoms with van der Waals surface area (Å²) in [4.78, 5) is 0. The molecule has 0 amide bonds. The third-order valence-electron chi connectivity index (χ3n) is 3.60. The normalized spacial score (nSPS) is 14.0. The van der Waals surface area contributed by atoms with Gasteiger partial charge in [-0.25, -0.2) is 0 Å². The Balaban J connectivity index is 2.15. The zero-order valence-corrected chi connectivity index (χ0v) is 13.4. The molecule has 0 bridgehead atoms. The van der Waals surface area contributed by atoms with Gasteiger partial charge in [-0.3, -0.25) is 0 Å². The second-order valence-corrected chi connectivity index (χ2v) is 6.16. The van der Waals surface area contributed by atoms with E-state index in [2.05, 4.69) is 46.4 Å². The summed E-state index contributed by atoms with van der Waals surface area (Å²) >= 11 is 3.59. The maximum absolute atomic E-state index is 9.76. The minimum Gasteiger partial charge on any atom is -0.394 e. The van der Waals surface area contributed by atoms with E-state index in [0.717, 1.165) is 10.0 Å². The summed E-state index contributed by atoms with van der Waals surface area (Å²) in [6.07, 6.45) is 0. The molecule has 0 aliphatic rings. The molecule has 2 aromatic rings. The van der Waals surface area contributed by atoms with Gasteiger partial charge in [-0.15, -0.1) is 0 Å². The minimum absolute atomic E-state index is 0.0560. The lowest BCUT2D eigenvalue weighted by Gasteiger charge is -2.30. The second-order valence-electron chi connectivity index (χ2n) is 5.30. The summed E-state index contributed by atoms with van der Waals surface area (Å²) in [6.45, 7) is 4.85. The van der Waals surface area contributed by atoms with E-state index < -0.39 is 5.54 Å². The summed E-state index contributed by atoms with van der Waals surface area (Å²) in [5.74, 6) is 0. The molecule has 1 unspecified atom stereocenters. The average Bonchev–Trinajstić information content (AvgIpc) is 2.47. The Morgan fingerprint density at radius 3 is 2.45 bits per heavy atom. The highest BCUT2D eigenvalue weighted by Gasteiger charge is 2.24. The van der Waals surface area contributed by atoms with Crippen LogP contribution < -0.4 is 5.32 Å². The van der Waals surface area contributed by atoms with Gasteiger partial charge >= 0.3 is 0 Å². The lowest BCUT2D eigenvalue weighted by Crippen LogP contribution is -2.42. The average molecular weight is 334 g/mol. The van der Waals surface area contributed by atoms with Crippen LogP contribution in [0.25, 0.3) is 0 Å². The number of halogens is 1. The molecule has 106 valence electrons. The number of hydrogen-bond donors (Lipinski definition) is 2. The molecule has 0 aliphatic heterocycles. The molecule has 20 heavy (non-hydrogen) atoms. The van der Waals surface area contributed by atoms with Crippen LogP contribution in [0.15, 0.2) is 53.0 Å². The van der Waals surface area contributed by atoms with Crippen molar-refractivity contribution in [3.8, 4) is 0 Å². The highest BCUT2D eigenvalue weighted by atomic mass is 79.9. The Hall–Kier alpha value is -1.16. The summed E-state index contributed by atoms with van der Waals surface area (Å²) in [5, 5.41) is 13.2. The first-order chi connectivity index (χ1) is 9.55. The molecule has 0 spiro atoms. The predicted octanol–water partition coefficient (Wildman–Crippen LogP) is 3.75. The van der Waals surface area contributed by atoms with Gasteiger partial charge < -0.3 is 10.4 Å². The van der Waals surface area contributed by atoms with Gasteiger partial charge in [-0.1, -0.05) is 58.4 Å². The van der Waals surface area contributed by atoms with Gasteiger partial charge in [0.2, 0.25) is 0 Å². The molecular weight excluding hydrogens is 314 g/mol. The molecule has 0 saturated heterocycles. The molecule has 0 aromatic heterocycles. The van der Waals surface area contributed by atoms with E-state index in [9.17, 15) is 5.11 Å². The molecule has 0 heterocycles. The van der Waals surface area contributed by atoms with Crippen LogP contribution in [0, 0.1) is 6.92 Å². The van der Waals surface area contributed by atoms with Crippen LogP contribution in [0.2, 0.25) is 0 Å². The Bertz CT molecular complexity index is 570. The van der Waals surface area contributed by atoms with Gasteiger partial charge in [-0.2, -0.15) is 0 Å². The molecule has 2 N–H and O–H groups in total. The van der Waals surface area contributed by atoms with Crippen molar-refractivity contribution in [1.82, 2.24) is 5.32 Å². The molecule has 0 fully saturated rings. The Labute approximate surface area is 129 Å². The van der Waals surface area contributed by atoms with Gasteiger partial charge in [0.15, 0.2) is 0 Å². The Morgan fingerprint density at radius 1 is 1.15 bits per heavy atom.